The van der Waals surface area contributed by atoms with Gasteiger partial charge in [-0.3, -0.25) is 0 Å². The summed E-state index contributed by atoms with van der Waals surface area (Å²) < 4.78 is 2.25. The molecule has 3 nitrogen and oxygen atoms in total. The summed E-state index contributed by atoms with van der Waals surface area (Å²) in [6, 6.07) is 0. The minimum Gasteiger partial charge on any atom is -0.356 e. The predicted octanol–water partition coefficient (Wildman–Crippen LogP) is 3.06. The maximum Gasteiger partial charge on any atom is 0.203 e. The molecule has 86 valence electrons. The Morgan fingerprint density at radius 1 is 1.33 bits per heavy atom. The van der Waals surface area contributed by atoms with Crippen molar-refractivity contribution in [1.82, 2.24) is 9.55 Å². The lowest BCUT2D eigenvalue weighted by Crippen LogP contribution is -2.12. The molecule has 1 heterocycles. The number of nitrogens with one attached hydrogen (secondary N) is 1. The monoisotopic (exact) mass is 209 g/mol. The second kappa shape index (κ2) is 5.79. The number of aromatic nitrogens is 2. The number of hydrogen-bond acceptors (Lipinski definition) is 2. The second-order valence-corrected chi connectivity index (χ2v) is 4.07. The van der Waals surface area contributed by atoms with E-state index in [0.29, 0.717) is 0 Å². The molecule has 0 aliphatic heterocycles. The highest BCUT2D eigenvalue weighted by Crippen LogP contribution is 2.15. The molecule has 0 saturated heterocycles. The zero-order valence-corrected chi connectivity index (χ0v) is 10.4. The molecule has 1 rings (SSSR count). The zero-order chi connectivity index (χ0) is 11.3. The van der Waals surface area contributed by atoms with Crippen LogP contribution in [-0.2, 0) is 6.54 Å². The molecule has 0 aliphatic carbocycles. The van der Waals surface area contributed by atoms with Crippen LogP contribution >= 0.6 is 0 Å². The van der Waals surface area contributed by atoms with E-state index in [9.17, 15) is 0 Å². The lowest BCUT2D eigenvalue weighted by Gasteiger charge is -2.15. The van der Waals surface area contributed by atoms with E-state index in [2.05, 4.69) is 41.8 Å². The Morgan fingerprint density at radius 3 is 2.53 bits per heavy atom. The fourth-order valence-electron chi connectivity index (χ4n) is 1.81. The van der Waals surface area contributed by atoms with Crippen molar-refractivity contribution in [3.63, 3.8) is 0 Å². The number of aryl methyl sites for hydroxylation is 1. The van der Waals surface area contributed by atoms with Gasteiger partial charge in [-0.15, -0.1) is 0 Å². The van der Waals surface area contributed by atoms with Crippen LogP contribution in [0.25, 0.3) is 0 Å². The lowest BCUT2D eigenvalue weighted by molar-refractivity contribution is 0.420. The third kappa shape index (κ3) is 3.26. The van der Waals surface area contributed by atoms with E-state index in [-0.39, 0.29) is 0 Å². The SMILES string of the molecule is CCNc1nc(C)cn1CC(CC)CC. The molecule has 0 saturated carbocycles. The first-order chi connectivity index (χ1) is 7.21. The van der Waals surface area contributed by atoms with Gasteiger partial charge in [0.1, 0.15) is 0 Å². The standard InChI is InChI=1S/C12H23N3/c1-5-11(6-2)9-15-8-10(4)14-12(15)13-7-3/h8,11H,5-7,9H2,1-4H3,(H,13,14). The van der Waals surface area contributed by atoms with Crippen LogP contribution in [0.4, 0.5) is 5.95 Å². The second-order valence-electron chi connectivity index (χ2n) is 4.07. The van der Waals surface area contributed by atoms with Gasteiger partial charge in [0.2, 0.25) is 5.95 Å². The Labute approximate surface area is 92.9 Å². The number of imidazole rings is 1. The fourth-order valence-corrected chi connectivity index (χ4v) is 1.81. The minimum atomic E-state index is 0.760. The van der Waals surface area contributed by atoms with E-state index in [1.54, 1.807) is 0 Å². The average molecular weight is 209 g/mol. The Bertz CT molecular complexity index is 287. The molecule has 0 fully saturated rings. The summed E-state index contributed by atoms with van der Waals surface area (Å²) in [5, 5.41) is 3.30. The van der Waals surface area contributed by atoms with Gasteiger partial charge in [-0.2, -0.15) is 0 Å². The van der Waals surface area contributed by atoms with Crippen LogP contribution in [0.1, 0.15) is 39.3 Å². The van der Waals surface area contributed by atoms with Crippen molar-refractivity contribution in [3.05, 3.63) is 11.9 Å². The molecule has 0 atom stereocenters. The molecular weight excluding hydrogens is 186 g/mol. The normalized spacial score (nSPS) is 11.0. The van der Waals surface area contributed by atoms with E-state index >= 15 is 0 Å². The van der Waals surface area contributed by atoms with Crippen LogP contribution in [0.15, 0.2) is 6.20 Å². The first-order valence-electron chi connectivity index (χ1n) is 5.98. The Hall–Kier alpha value is -0.990. The summed E-state index contributed by atoms with van der Waals surface area (Å²) in [7, 11) is 0. The molecular formula is C12H23N3. The van der Waals surface area contributed by atoms with Crippen molar-refractivity contribution in [2.24, 2.45) is 5.92 Å². The Balaban J connectivity index is 2.73. The van der Waals surface area contributed by atoms with Crippen LogP contribution in [0, 0.1) is 12.8 Å². The molecule has 0 aromatic carbocycles. The quantitative estimate of drug-likeness (QED) is 0.780. The molecule has 0 unspecified atom stereocenters. The van der Waals surface area contributed by atoms with Gasteiger partial charge in [-0.05, 0) is 19.8 Å². The van der Waals surface area contributed by atoms with Gasteiger partial charge >= 0.3 is 0 Å². The number of rotatable bonds is 6. The maximum atomic E-state index is 4.47. The van der Waals surface area contributed by atoms with Crippen LogP contribution in [-0.4, -0.2) is 16.1 Å². The molecule has 0 radical (unpaired) electrons. The van der Waals surface area contributed by atoms with E-state index in [0.717, 1.165) is 30.6 Å². The highest BCUT2D eigenvalue weighted by atomic mass is 15.2. The summed E-state index contributed by atoms with van der Waals surface area (Å²) in [5.41, 5.74) is 1.09. The third-order valence-corrected chi connectivity index (χ3v) is 2.84. The van der Waals surface area contributed by atoms with Gasteiger partial charge in [-0.1, -0.05) is 26.7 Å². The fraction of sp³-hybridized carbons (Fsp3) is 0.750. The van der Waals surface area contributed by atoms with Crippen molar-refractivity contribution in [2.45, 2.75) is 47.1 Å². The first kappa shape index (κ1) is 12.1. The van der Waals surface area contributed by atoms with Gasteiger partial charge in [0, 0.05) is 19.3 Å². The maximum absolute atomic E-state index is 4.47. The molecule has 3 heteroatoms. The smallest absolute Gasteiger partial charge is 0.203 e. The van der Waals surface area contributed by atoms with Crippen LogP contribution in [0.2, 0.25) is 0 Å². The largest absolute Gasteiger partial charge is 0.356 e. The van der Waals surface area contributed by atoms with Crippen LogP contribution < -0.4 is 5.32 Å². The Morgan fingerprint density at radius 2 is 2.00 bits per heavy atom. The topological polar surface area (TPSA) is 29.9 Å². The number of anilines is 1. The van der Waals surface area contributed by atoms with Gasteiger partial charge in [-0.25, -0.2) is 4.98 Å². The lowest BCUT2D eigenvalue weighted by atomic mass is 10.0. The van der Waals surface area contributed by atoms with E-state index in [4.69, 9.17) is 0 Å². The van der Waals surface area contributed by atoms with Gasteiger partial charge in [0.05, 0.1) is 5.69 Å². The Kier molecular flexibility index (Phi) is 4.66. The molecule has 15 heavy (non-hydrogen) atoms. The highest BCUT2D eigenvalue weighted by molar-refractivity contribution is 5.28. The summed E-state index contributed by atoms with van der Waals surface area (Å²) in [6.07, 6.45) is 4.61. The molecule has 1 N–H and O–H groups in total. The van der Waals surface area contributed by atoms with Crippen molar-refractivity contribution in [2.75, 3.05) is 11.9 Å². The first-order valence-corrected chi connectivity index (χ1v) is 5.98. The summed E-state index contributed by atoms with van der Waals surface area (Å²) in [4.78, 5) is 4.47. The minimum absolute atomic E-state index is 0.760. The molecule has 0 aliphatic rings. The third-order valence-electron chi connectivity index (χ3n) is 2.84. The van der Waals surface area contributed by atoms with Crippen molar-refractivity contribution in [1.29, 1.82) is 0 Å². The average Bonchev–Trinajstić information content (AvgIpc) is 2.56. The van der Waals surface area contributed by atoms with E-state index < -0.39 is 0 Å². The van der Waals surface area contributed by atoms with Crippen molar-refractivity contribution in [3.8, 4) is 0 Å². The van der Waals surface area contributed by atoms with Crippen LogP contribution in [0.3, 0.4) is 0 Å². The van der Waals surface area contributed by atoms with E-state index in [1.165, 1.54) is 12.8 Å². The summed E-state index contributed by atoms with van der Waals surface area (Å²) in [6.45, 7) is 10.7. The van der Waals surface area contributed by atoms with E-state index in [1.807, 2.05) is 6.92 Å². The van der Waals surface area contributed by atoms with Crippen LogP contribution in [0.5, 0.6) is 0 Å². The van der Waals surface area contributed by atoms with Gasteiger partial charge in [0.15, 0.2) is 0 Å². The van der Waals surface area contributed by atoms with Gasteiger partial charge in [0.25, 0.3) is 0 Å². The predicted molar refractivity (Wildman–Crippen MR) is 65.2 cm³/mol. The molecule has 0 amide bonds. The highest BCUT2D eigenvalue weighted by Gasteiger charge is 2.09. The molecule has 1 aromatic heterocycles. The van der Waals surface area contributed by atoms with Crippen molar-refractivity contribution >= 4 is 5.95 Å². The summed E-state index contributed by atoms with van der Waals surface area (Å²) >= 11 is 0. The molecule has 1 aromatic rings. The molecule has 0 bridgehead atoms. The van der Waals surface area contributed by atoms with Gasteiger partial charge < -0.3 is 9.88 Å². The number of hydrogen-bond donors (Lipinski definition) is 1. The van der Waals surface area contributed by atoms with Crippen molar-refractivity contribution < 1.29 is 0 Å². The number of nitrogens with zero attached hydrogens (tertiary/aromatic N) is 2. The summed E-state index contributed by atoms with van der Waals surface area (Å²) in [5.74, 6) is 1.78. The zero-order valence-electron chi connectivity index (χ0n) is 10.4. The molecule has 0 spiro atoms.